The molecule has 90 valence electrons. The van der Waals surface area contributed by atoms with Gasteiger partial charge in [-0.2, -0.15) is 0 Å². The largest absolute Gasteiger partial charge is 0.315 e. The maximum atomic E-state index is 6.14. The molecule has 0 aliphatic heterocycles. The smallest absolute Gasteiger partial charge is 0.0453 e. The van der Waals surface area contributed by atoms with E-state index in [4.69, 9.17) is 23.2 Å². The molecule has 0 spiro atoms. The third kappa shape index (κ3) is 4.30. The van der Waals surface area contributed by atoms with Gasteiger partial charge < -0.3 is 10.2 Å². The van der Waals surface area contributed by atoms with Gasteiger partial charge in [0.1, 0.15) is 0 Å². The Morgan fingerprint density at radius 3 is 2.50 bits per heavy atom. The molecule has 0 fully saturated rings. The molecule has 0 aliphatic rings. The van der Waals surface area contributed by atoms with E-state index in [0.29, 0.717) is 11.1 Å². The second-order valence-electron chi connectivity index (χ2n) is 4.19. The highest BCUT2D eigenvalue weighted by Crippen LogP contribution is 2.22. The lowest BCUT2D eigenvalue weighted by molar-refractivity contribution is 0.346. The third-order valence-electron chi connectivity index (χ3n) is 2.48. The SMILES string of the molecule is CNC(Cc1ccc(Cl)cc1Cl)CN(C)C. The molecule has 0 saturated heterocycles. The zero-order valence-corrected chi connectivity index (χ0v) is 11.4. The number of rotatable bonds is 5. The summed E-state index contributed by atoms with van der Waals surface area (Å²) in [5.41, 5.74) is 1.13. The highest BCUT2D eigenvalue weighted by molar-refractivity contribution is 6.35. The van der Waals surface area contributed by atoms with Crippen LogP contribution in [0.5, 0.6) is 0 Å². The molecule has 0 heterocycles. The quantitative estimate of drug-likeness (QED) is 0.876. The van der Waals surface area contributed by atoms with Gasteiger partial charge in [-0.3, -0.25) is 0 Å². The summed E-state index contributed by atoms with van der Waals surface area (Å²) in [5.74, 6) is 0. The Balaban J connectivity index is 2.70. The zero-order valence-electron chi connectivity index (χ0n) is 9.93. The van der Waals surface area contributed by atoms with Crippen LogP contribution in [-0.4, -0.2) is 38.6 Å². The molecule has 4 heteroatoms. The Labute approximate surface area is 108 Å². The van der Waals surface area contributed by atoms with Crippen molar-refractivity contribution in [3.8, 4) is 0 Å². The highest BCUT2D eigenvalue weighted by atomic mass is 35.5. The average Bonchev–Trinajstić information content (AvgIpc) is 2.20. The van der Waals surface area contributed by atoms with E-state index >= 15 is 0 Å². The number of benzene rings is 1. The zero-order chi connectivity index (χ0) is 12.1. The molecule has 0 amide bonds. The van der Waals surface area contributed by atoms with E-state index < -0.39 is 0 Å². The molecule has 1 aromatic rings. The highest BCUT2D eigenvalue weighted by Gasteiger charge is 2.10. The van der Waals surface area contributed by atoms with Crippen molar-refractivity contribution in [3.63, 3.8) is 0 Å². The van der Waals surface area contributed by atoms with Crippen LogP contribution < -0.4 is 5.32 Å². The molecule has 0 saturated carbocycles. The van der Waals surface area contributed by atoms with E-state index in [1.807, 2.05) is 19.2 Å². The Morgan fingerprint density at radius 2 is 2.00 bits per heavy atom. The van der Waals surface area contributed by atoms with Gasteiger partial charge in [0, 0.05) is 22.6 Å². The number of nitrogens with one attached hydrogen (secondary N) is 1. The second-order valence-corrected chi connectivity index (χ2v) is 5.03. The third-order valence-corrected chi connectivity index (χ3v) is 3.06. The van der Waals surface area contributed by atoms with Gasteiger partial charge in [-0.25, -0.2) is 0 Å². The first-order chi connectivity index (χ1) is 7.52. The first kappa shape index (κ1) is 13.8. The Bertz CT molecular complexity index is 340. The van der Waals surface area contributed by atoms with Gasteiger partial charge >= 0.3 is 0 Å². The Kier molecular flexibility index (Phi) is 5.56. The topological polar surface area (TPSA) is 15.3 Å². The lowest BCUT2D eigenvalue weighted by atomic mass is 10.1. The van der Waals surface area contributed by atoms with Crippen molar-refractivity contribution in [1.82, 2.24) is 10.2 Å². The van der Waals surface area contributed by atoms with Crippen molar-refractivity contribution in [3.05, 3.63) is 33.8 Å². The normalized spacial score (nSPS) is 13.1. The van der Waals surface area contributed by atoms with E-state index in [1.54, 1.807) is 6.07 Å². The maximum Gasteiger partial charge on any atom is 0.0453 e. The van der Waals surface area contributed by atoms with E-state index in [0.717, 1.165) is 23.6 Å². The van der Waals surface area contributed by atoms with Crippen LogP contribution in [0.3, 0.4) is 0 Å². The number of halogens is 2. The van der Waals surface area contributed by atoms with E-state index in [2.05, 4.69) is 24.3 Å². The predicted octanol–water partition coefficient (Wildman–Crippen LogP) is 2.69. The molecule has 2 nitrogen and oxygen atoms in total. The monoisotopic (exact) mass is 260 g/mol. The molecule has 1 atom stereocenters. The summed E-state index contributed by atoms with van der Waals surface area (Å²) in [6, 6.07) is 6.06. The minimum Gasteiger partial charge on any atom is -0.315 e. The van der Waals surface area contributed by atoms with Gasteiger partial charge in [-0.05, 0) is 45.3 Å². The van der Waals surface area contributed by atoms with Crippen molar-refractivity contribution in [2.75, 3.05) is 27.7 Å². The Morgan fingerprint density at radius 1 is 1.31 bits per heavy atom. The lowest BCUT2D eigenvalue weighted by Crippen LogP contribution is -2.37. The summed E-state index contributed by atoms with van der Waals surface area (Å²) in [6.45, 7) is 0.982. The minimum atomic E-state index is 0.397. The molecule has 1 N–H and O–H groups in total. The van der Waals surface area contributed by atoms with E-state index in [-0.39, 0.29) is 0 Å². The van der Waals surface area contributed by atoms with Gasteiger partial charge in [-0.15, -0.1) is 0 Å². The number of nitrogens with zero attached hydrogens (tertiary/aromatic N) is 1. The number of likely N-dealkylation sites (N-methyl/N-ethyl adjacent to an activating group) is 2. The number of hydrogen-bond donors (Lipinski definition) is 1. The summed E-state index contributed by atoms with van der Waals surface area (Å²) in [7, 11) is 6.10. The average molecular weight is 261 g/mol. The molecular weight excluding hydrogens is 243 g/mol. The van der Waals surface area contributed by atoms with Crippen LogP contribution in [0.15, 0.2) is 18.2 Å². The molecule has 1 aromatic carbocycles. The van der Waals surface area contributed by atoms with E-state index in [1.165, 1.54) is 0 Å². The predicted molar refractivity (Wildman–Crippen MR) is 71.6 cm³/mol. The van der Waals surface area contributed by atoms with Crippen LogP contribution in [0.4, 0.5) is 0 Å². The van der Waals surface area contributed by atoms with Crippen LogP contribution in [0.25, 0.3) is 0 Å². The first-order valence-electron chi connectivity index (χ1n) is 5.29. The lowest BCUT2D eigenvalue weighted by Gasteiger charge is -2.21. The molecular formula is C12H18Cl2N2. The van der Waals surface area contributed by atoms with Crippen molar-refractivity contribution in [1.29, 1.82) is 0 Å². The minimum absolute atomic E-state index is 0.397. The van der Waals surface area contributed by atoms with Crippen molar-refractivity contribution >= 4 is 23.2 Å². The van der Waals surface area contributed by atoms with Gasteiger partial charge in [0.25, 0.3) is 0 Å². The second kappa shape index (κ2) is 6.45. The molecule has 0 bridgehead atoms. The molecule has 1 unspecified atom stereocenters. The van der Waals surface area contributed by atoms with Gasteiger partial charge in [0.2, 0.25) is 0 Å². The number of hydrogen-bond acceptors (Lipinski definition) is 2. The van der Waals surface area contributed by atoms with Crippen molar-refractivity contribution < 1.29 is 0 Å². The van der Waals surface area contributed by atoms with Crippen LogP contribution >= 0.6 is 23.2 Å². The van der Waals surface area contributed by atoms with Gasteiger partial charge in [0.05, 0.1) is 0 Å². The van der Waals surface area contributed by atoms with Crippen molar-refractivity contribution in [2.45, 2.75) is 12.5 Å². The van der Waals surface area contributed by atoms with Crippen LogP contribution in [0.1, 0.15) is 5.56 Å². The molecule has 0 aliphatic carbocycles. The fraction of sp³-hybridized carbons (Fsp3) is 0.500. The molecule has 0 aromatic heterocycles. The molecule has 0 radical (unpaired) electrons. The summed E-state index contributed by atoms with van der Waals surface area (Å²) < 4.78 is 0. The standard InChI is InChI=1S/C12H18Cl2N2/c1-15-11(8-16(2)3)6-9-4-5-10(13)7-12(9)14/h4-5,7,11,15H,6,8H2,1-3H3. The summed E-state index contributed by atoms with van der Waals surface area (Å²) in [6.07, 6.45) is 0.907. The fourth-order valence-electron chi connectivity index (χ4n) is 1.65. The molecule has 1 rings (SSSR count). The van der Waals surface area contributed by atoms with Crippen LogP contribution in [-0.2, 0) is 6.42 Å². The van der Waals surface area contributed by atoms with Gasteiger partial charge in [0.15, 0.2) is 0 Å². The summed E-state index contributed by atoms with van der Waals surface area (Å²) in [5, 5.41) is 4.72. The van der Waals surface area contributed by atoms with Crippen molar-refractivity contribution in [2.24, 2.45) is 0 Å². The Hall–Kier alpha value is -0.280. The summed E-state index contributed by atoms with van der Waals surface area (Å²) in [4.78, 5) is 2.16. The molecule has 16 heavy (non-hydrogen) atoms. The summed E-state index contributed by atoms with van der Waals surface area (Å²) >= 11 is 12.0. The fourth-order valence-corrected chi connectivity index (χ4v) is 2.14. The first-order valence-corrected chi connectivity index (χ1v) is 6.04. The van der Waals surface area contributed by atoms with Crippen LogP contribution in [0, 0.1) is 0 Å². The van der Waals surface area contributed by atoms with Crippen LogP contribution in [0.2, 0.25) is 10.0 Å². The van der Waals surface area contributed by atoms with E-state index in [9.17, 15) is 0 Å². The maximum absolute atomic E-state index is 6.14. The van der Waals surface area contributed by atoms with Gasteiger partial charge in [-0.1, -0.05) is 29.3 Å².